The van der Waals surface area contributed by atoms with E-state index in [1.54, 1.807) is 6.07 Å². The Bertz CT molecular complexity index is 592. The van der Waals surface area contributed by atoms with E-state index in [4.69, 9.17) is 10.8 Å². The van der Waals surface area contributed by atoms with E-state index in [9.17, 15) is 4.79 Å². The highest BCUT2D eigenvalue weighted by atomic mass is 79.9. The highest BCUT2D eigenvalue weighted by Gasteiger charge is 2.15. The van der Waals surface area contributed by atoms with Crippen LogP contribution in [0.4, 0.5) is 5.69 Å². The van der Waals surface area contributed by atoms with Crippen LogP contribution in [0, 0.1) is 6.92 Å². The monoisotopic (exact) mass is 311 g/mol. The molecule has 0 fully saturated rings. The van der Waals surface area contributed by atoms with Gasteiger partial charge in [0.15, 0.2) is 0 Å². The third-order valence-corrected chi connectivity index (χ3v) is 4.52. The van der Waals surface area contributed by atoms with Crippen molar-refractivity contribution in [1.82, 2.24) is 0 Å². The van der Waals surface area contributed by atoms with Crippen LogP contribution in [-0.4, -0.2) is 11.1 Å². The Balaban J connectivity index is 2.58. The summed E-state index contributed by atoms with van der Waals surface area (Å²) < 4.78 is 0.999. The summed E-state index contributed by atoms with van der Waals surface area (Å²) in [6.45, 7) is 1.98. The molecule has 0 spiro atoms. The lowest BCUT2D eigenvalue weighted by molar-refractivity contribution is 0.0703. The van der Waals surface area contributed by atoms with Gasteiger partial charge in [0.05, 0.1) is 5.69 Å². The van der Waals surface area contributed by atoms with E-state index < -0.39 is 5.97 Å². The van der Waals surface area contributed by atoms with Crippen molar-refractivity contribution in [2.45, 2.75) is 6.92 Å². The Morgan fingerprint density at radius 3 is 2.76 bits per heavy atom. The van der Waals surface area contributed by atoms with E-state index in [0.29, 0.717) is 5.69 Å². The minimum Gasteiger partial charge on any atom is -0.477 e. The Labute approximate surface area is 111 Å². The van der Waals surface area contributed by atoms with Crippen molar-refractivity contribution in [3.63, 3.8) is 0 Å². The Morgan fingerprint density at radius 2 is 2.18 bits per heavy atom. The molecule has 1 aromatic carbocycles. The highest BCUT2D eigenvalue weighted by molar-refractivity contribution is 9.10. The molecule has 0 saturated carbocycles. The predicted octanol–water partition coefficient (Wildman–Crippen LogP) is 3.77. The molecule has 3 N–H and O–H groups in total. The number of carboxylic acids is 1. The van der Waals surface area contributed by atoms with Crippen molar-refractivity contribution in [2.24, 2.45) is 0 Å². The van der Waals surface area contributed by atoms with E-state index in [2.05, 4.69) is 15.9 Å². The van der Waals surface area contributed by atoms with Crippen LogP contribution in [0.5, 0.6) is 0 Å². The largest absolute Gasteiger partial charge is 0.477 e. The number of halogens is 1. The maximum Gasteiger partial charge on any atom is 0.348 e. The van der Waals surface area contributed by atoms with Crippen molar-refractivity contribution in [3.8, 4) is 10.4 Å². The third-order valence-electron chi connectivity index (χ3n) is 2.49. The number of thiophene rings is 1. The highest BCUT2D eigenvalue weighted by Crippen LogP contribution is 2.36. The molecule has 5 heteroatoms. The average molecular weight is 312 g/mol. The first-order valence-electron chi connectivity index (χ1n) is 4.89. The van der Waals surface area contributed by atoms with Crippen molar-refractivity contribution >= 4 is 38.9 Å². The molecule has 3 nitrogen and oxygen atoms in total. The number of nitrogen functional groups attached to an aromatic ring is 1. The van der Waals surface area contributed by atoms with Crippen LogP contribution in [0.2, 0.25) is 0 Å². The lowest BCUT2D eigenvalue weighted by atomic mass is 10.1. The van der Waals surface area contributed by atoms with Crippen LogP contribution in [0.1, 0.15) is 15.2 Å². The zero-order valence-corrected chi connectivity index (χ0v) is 11.4. The first-order chi connectivity index (χ1) is 8.00. The minimum absolute atomic E-state index is 0.194. The van der Waals surface area contributed by atoms with Crippen molar-refractivity contribution in [1.29, 1.82) is 0 Å². The van der Waals surface area contributed by atoms with Crippen molar-refractivity contribution < 1.29 is 9.90 Å². The van der Waals surface area contributed by atoms with Gasteiger partial charge in [0.25, 0.3) is 0 Å². The fraction of sp³-hybridized carbons (Fsp3) is 0.0833. The predicted molar refractivity (Wildman–Crippen MR) is 73.6 cm³/mol. The molecule has 0 bridgehead atoms. The molecule has 17 heavy (non-hydrogen) atoms. The molecule has 0 aliphatic carbocycles. The van der Waals surface area contributed by atoms with Crippen LogP contribution >= 0.6 is 27.3 Å². The second-order valence-electron chi connectivity index (χ2n) is 3.61. The number of benzene rings is 1. The summed E-state index contributed by atoms with van der Waals surface area (Å²) in [6.07, 6.45) is 0. The van der Waals surface area contributed by atoms with Crippen LogP contribution in [0.25, 0.3) is 10.4 Å². The minimum atomic E-state index is -0.980. The molecular formula is C12H10BrNO2S. The fourth-order valence-electron chi connectivity index (χ4n) is 1.58. The molecule has 0 aliphatic rings. The number of hydrogen-bond acceptors (Lipinski definition) is 3. The van der Waals surface area contributed by atoms with Gasteiger partial charge in [-0.1, -0.05) is 28.1 Å². The zero-order chi connectivity index (χ0) is 12.6. The van der Waals surface area contributed by atoms with Crippen LogP contribution < -0.4 is 5.73 Å². The van der Waals surface area contributed by atoms with E-state index in [1.165, 1.54) is 11.3 Å². The summed E-state index contributed by atoms with van der Waals surface area (Å²) in [4.78, 5) is 12.0. The maximum atomic E-state index is 10.9. The van der Waals surface area contributed by atoms with E-state index in [1.807, 2.05) is 25.1 Å². The Morgan fingerprint density at radius 1 is 1.47 bits per heavy atom. The van der Waals surface area contributed by atoms with Crippen LogP contribution in [0.3, 0.4) is 0 Å². The van der Waals surface area contributed by atoms with Crippen LogP contribution in [-0.2, 0) is 0 Å². The van der Waals surface area contributed by atoms with Gasteiger partial charge < -0.3 is 10.8 Å². The van der Waals surface area contributed by atoms with Gasteiger partial charge in [-0.2, -0.15) is 0 Å². The van der Waals surface area contributed by atoms with Gasteiger partial charge in [0.2, 0.25) is 0 Å². The standard InChI is InChI=1S/C12H10BrNO2S/c1-6-7(3-2-4-8(6)13)10-5-9(14)11(17-10)12(15)16/h2-5H,14H2,1H3,(H,15,16). The number of nitrogens with two attached hydrogens (primary N) is 1. The topological polar surface area (TPSA) is 63.3 Å². The summed E-state index contributed by atoms with van der Waals surface area (Å²) in [7, 11) is 0. The molecular weight excluding hydrogens is 302 g/mol. The van der Waals surface area contributed by atoms with Gasteiger partial charge in [-0.25, -0.2) is 4.79 Å². The summed E-state index contributed by atoms with van der Waals surface area (Å²) in [5.74, 6) is -0.980. The summed E-state index contributed by atoms with van der Waals surface area (Å²) in [6, 6.07) is 7.54. The van der Waals surface area contributed by atoms with Gasteiger partial charge >= 0.3 is 5.97 Å². The summed E-state index contributed by atoms with van der Waals surface area (Å²) in [5.41, 5.74) is 8.08. The molecule has 0 unspecified atom stereocenters. The molecule has 88 valence electrons. The molecule has 0 radical (unpaired) electrons. The number of rotatable bonds is 2. The molecule has 0 amide bonds. The Hall–Kier alpha value is -1.33. The SMILES string of the molecule is Cc1c(Br)cccc1-c1cc(N)c(C(=O)O)s1. The summed E-state index contributed by atoms with van der Waals surface area (Å²) >= 11 is 4.65. The Kier molecular flexibility index (Phi) is 3.22. The second kappa shape index (κ2) is 4.50. The van der Waals surface area contributed by atoms with Gasteiger partial charge in [0.1, 0.15) is 4.88 Å². The smallest absolute Gasteiger partial charge is 0.348 e. The molecule has 0 saturated heterocycles. The molecule has 0 atom stereocenters. The normalized spacial score (nSPS) is 10.5. The quantitative estimate of drug-likeness (QED) is 0.887. The maximum absolute atomic E-state index is 10.9. The van der Waals surface area contributed by atoms with Gasteiger partial charge in [-0.3, -0.25) is 0 Å². The third kappa shape index (κ3) is 2.21. The van der Waals surface area contributed by atoms with Gasteiger partial charge in [-0.05, 0) is 30.2 Å². The first-order valence-corrected chi connectivity index (χ1v) is 6.49. The van der Waals surface area contributed by atoms with Crippen molar-refractivity contribution in [2.75, 3.05) is 5.73 Å². The number of carbonyl (C=O) groups is 1. The zero-order valence-electron chi connectivity index (χ0n) is 9.03. The van der Waals surface area contributed by atoms with E-state index >= 15 is 0 Å². The molecule has 2 rings (SSSR count). The van der Waals surface area contributed by atoms with Crippen molar-refractivity contribution in [3.05, 3.63) is 39.2 Å². The molecule has 1 heterocycles. The number of aromatic carboxylic acids is 1. The number of anilines is 1. The molecule has 1 aromatic heterocycles. The lowest BCUT2D eigenvalue weighted by Crippen LogP contribution is -1.96. The summed E-state index contributed by atoms with van der Waals surface area (Å²) in [5, 5.41) is 8.97. The fourth-order valence-corrected chi connectivity index (χ4v) is 2.95. The second-order valence-corrected chi connectivity index (χ2v) is 5.52. The molecule has 0 aliphatic heterocycles. The number of carboxylic acid groups (broad SMARTS) is 1. The average Bonchev–Trinajstić information content (AvgIpc) is 2.64. The first kappa shape index (κ1) is 12.1. The number of hydrogen-bond donors (Lipinski definition) is 2. The van der Waals surface area contributed by atoms with E-state index in [0.717, 1.165) is 20.5 Å². The van der Waals surface area contributed by atoms with E-state index in [-0.39, 0.29) is 4.88 Å². The molecule has 2 aromatic rings. The van der Waals surface area contributed by atoms with Gasteiger partial charge in [0, 0.05) is 9.35 Å². The van der Waals surface area contributed by atoms with Gasteiger partial charge in [-0.15, -0.1) is 11.3 Å². The lowest BCUT2D eigenvalue weighted by Gasteiger charge is -2.04. The van der Waals surface area contributed by atoms with Crippen LogP contribution in [0.15, 0.2) is 28.7 Å².